The highest BCUT2D eigenvalue weighted by molar-refractivity contribution is 7.88. The van der Waals surface area contributed by atoms with Crippen molar-refractivity contribution in [2.45, 2.75) is 101 Å². The predicted molar refractivity (Wildman–Crippen MR) is 417 cm³/mol. The first kappa shape index (κ1) is 75.4. The van der Waals surface area contributed by atoms with Crippen molar-refractivity contribution in [2.75, 3.05) is 133 Å². The maximum absolute atomic E-state index is 12.8. The Morgan fingerprint density at radius 1 is 0.505 bits per heavy atom. The van der Waals surface area contributed by atoms with Gasteiger partial charge in [-0.2, -0.15) is 30.6 Å². The van der Waals surface area contributed by atoms with Crippen molar-refractivity contribution in [3.05, 3.63) is 146 Å². The molecular weight excluding hydrogens is 1470 g/mol. The summed E-state index contributed by atoms with van der Waals surface area (Å²) in [6, 6.07) is 20.2. The highest BCUT2D eigenvalue weighted by Gasteiger charge is 2.52. The van der Waals surface area contributed by atoms with E-state index in [9.17, 15) is 26.4 Å². The van der Waals surface area contributed by atoms with Crippen molar-refractivity contribution < 1.29 is 40.6 Å². The molecule has 1 spiro atoms. The van der Waals surface area contributed by atoms with Crippen LogP contribution in [0.25, 0.3) is 54.5 Å². The number of ether oxygens (including phenoxy) is 3. The number of carbonyl (C=O) groups excluding carboxylic acids is 2. The van der Waals surface area contributed by atoms with Crippen LogP contribution in [0.2, 0.25) is 15.1 Å². The molecular formula is C74H90Cl3N19O9S2. The number of amides is 3. The number of methoxy groups -OCH3 is 1. The van der Waals surface area contributed by atoms with Gasteiger partial charge in [0.25, 0.3) is 5.91 Å². The summed E-state index contributed by atoms with van der Waals surface area (Å²) in [6.45, 7) is 13.3. The van der Waals surface area contributed by atoms with Crippen LogP contribution in [0.4, 0.5) is 21.9 Å². The maximum Gasteiger partial charge on any atom is 0.325 e. The summed E-state index contributed by atoms with van der Waals surface area (Å²) in [4.78, 5) is 33.0. The molecule has 7 aliphatic rings. The number of fused-ring (bicyclic) bond motifs is 6. The average Bonchev–Trinajstić information content (AvgIpc) is 1.62. The van der Waals surface area contributed by atoms with Crippen molar-refractivity contribution in [3.8, 4) is 0 Å². The van der Waals surface area contributed by atoms with Crippen LogP contribution in [0.15, 0.2) is 97.8 Å². The van der Waals surface area contributed by atoms with Crippen LogP contribution in [0.1, 0.15) is 110 Å². The average molecular weight is 1560 g/mol. The fourth-order valence-corrected chi connectivity index (χ4v) is 18.3. The molecule has 7 N–H and O–H groups in total. The minimum absolute atomic E-state index is 0.154. The minimum atomic E-state index is -3.09. The van der Waals surface area contributed by atoms with Crippen molar-refractivity contribution in [1.29, 1.82) is 0 Å². The minimum Gasteiger partial charge on any atom is -0.383 e. The van der Waals surface area contributed by atoms with Crippen molar-refractivity contribution >= 4 is 138 Å². The van der Waals surface area contributed by atoms with Crippen LogP contribution in [-0.4, -0.2) is 227 Å². The van der Waals surface area contributed by atoms with Gasteiger partial charge in [0, 0.05) is 163 Å². The van der Waals surface area contributed by atoms with E-state index in [-0.39, 0.29) is 18.5 Å². The molecule has 33 heteroatoms. The van der Waals surface area contributed by atoms with E-state index in [1.807, 2.05) is 67.4 Å². The van der Waals surface area contributed by atoms with E-state index >= 15 is 0 Å². The number of halogens is 3. The maximum atomic E-state index is 12.8. The van der Waals surface area contributed by atoms with Gasteiger partial charge in [-0.05, 0) is 146 Å². The van der Waals surface area contributed by atoms with Gasteiger partial charge in [-0.3, -0.25) is 40.3 Å². The van der Waals surface area contributed by atoms with Gasteiger partial charge in [0.15, 0.2) is 0 Å². The zero-order valence-electron chi connectivity index (χ0n) is 60.3. The molecule has 28 nitrogen and oxygen atoms in total. The van der Waals surface area contributed by atoms with Crippen LogP contribution < -0.4 is 20.0 Å². The predicted octanol–water partition coefficient (Wildman–Crippen LogP) is 11.2. The van der Waals surface area contributed by atoms with E-state index in [4.69, 9.17) is 49.0 Å². The zero-order valence-corrected chi connectivity index (χ0v) is 64.2. The van der Waals surface area contributed by atoms with Crippen LogP contribution >= 0.6 is 34.8 Å². The lowest BCUT2D eigenvalue weighted by atomic mass is 9.83. The number of urea groups is 1. The van der Waals surface area contributed by atoms with E-state index < -0.39 is 25.6 Å². The van der Waals surface area contributed by atoms with E-state index in [0.29, 0.717) is 81.5 Å². The lowest BCUT2D eigenvalue weighted by Crippen LogP contribution is -2.55. The smallest absolute Gasteiger partial charge is 0.325 e. The van der Waals surface area contributed by atoms with Gasteiger partial charge in [0.1, 0.15) is 5.54 Å². The summed E-state index contributed by atoms with van der Waals surface area (Å²) >= 11 is 18.5. The number of anilines is 3. The van der Waals surface area contributed by atoms with Gasteiger partial charge < -0.3 is 34.2 Å². The number of carbonyl (C=O) groups is 2. The second-order valence-corrected chi connectivity index (χ2v) is 33.7. The number of morpholine rings is 1. The summed E-state index contributed by atoms with van der Waals surface area (Å²) in [5, 5.41) is 53.4. The third-order valence-electron chi connectivity index (χ3n) is 21.8. The lowest BCUT2D eigenvalue weighted by Gasteiger charge is -2.38. The Morgan fingerprint density at radius 3 is 1.45 bits per heavy atom. The van der Waals surface area contributed by atoms with Crippen LogP contribution in [0.3, 0.4) is 0 Å². The molecule has 11 aromatic rings. The van der Waals surface area contributed by atoms with E-state index in [0.717, 1.165) is 175 Å². The fraction of sp³-hybridized carbons (Fsp3) is 0.459. The number of H-pyrrole nitrogens is 6. The highest BCUT2D eigenvalue weighted by Crippen LogP contribution is 2.41. The first-order chi connectivity index (χ1) is 51.7. The molecule has 5 aromatic carbocycles. The molecule has 568 valence electrons. The van der Waals surface area contributed by atoms with Gasteiger partial charge in [-0.25, -0.2) is 30.2 Å². The summed E-state index contributed by atoms with van der Waals surface area (Å²) in [7, 11) is -4.60. The van der Waals surface area contributed by atoms with Crippen LogP contribution in [0, 0.1) is 0 Å². The second kappa shape index (κ2) is 32.8. The Bertz CT molecular complexity index is 5180. The zero-order chi connectivity index (χ0) is 74.6. The third-order valence-corrected chi connectivity index (χ3v) is 25.1. The molecule has 107 heavy (non-hydrogen) atoms. The molecule has 0 unspecified atom stereocenters. The molecule has 13 heterocycles. The largest absolute Gasteiger partial charge is 0.383 e. The van der Waals surface area contributed by atoms with Crippen LogP contribution in [0.5, 0.6) is 0 Å². The SMILES string of the molecule is CCc1cc(C2CCN(S(C)(=O)=O)CC2)c2cn[nH]c2c1.COCCN1C(=O)NC2(CCN(c3cc(Cl)cc4[nH]ncc34)CC2)C1=O.CS(=O)(=O)N1CCC(c2cc(C3CCOCC3)cc3[nH]ncc23)CC1.Clc1cc(N2CCOCC2)c2cn[nH]c2c1.Clc1cc(N2CCc3[nH]ncc3C2)c2cn[nH]c2c1. The Labute approximate surface area is 635 Å². The molecule has 6 saturated heterocycles. The Balaban J connectivity index is 0.000000113. The van der Waals surface area contributed by atoms with Gasteiger partial charge in [-0.1, -0.05) is 53.9 Å². The number of hydrogen-bond donors (Lipinski definition) is 7. The first-order valence-electron chi connectivity index (χ1n) is 36.5. The number of aromatic nitrogens is 12. The second-order valence-electron chi connectivity index (χ2n) is 28.4. The number of nitrogens with one attached hydrogen (secondary N) is 7. The van der Waals surface area contributed by atoms with Gasteiger partial charge in [0.2, 0.25) is 20.0 Å². The molecule has 0 bridgehead atoms. The number of imide groups is 1. The van der Waals surface area contributed by atoms with E-state index in [2.05, 4.69) is 112 Å². The molecule has 0 saturated carbocycles. The summed E-state index contributed by atoms with van der Waals surface area (Å²) in [6.07, 6.45) is 22.4. The third kappa shape index (κ3) is 16.9. The number of piperidine rings is 3. The number of rotatable bonds is 12. The summed E-state index contributed by atoms with van der Waals surface area (Å²) < 4.78 is 65.8. The first-order valence-corrected chi connectivity index (χ1v) is 41.3. The number of aromatic amines is 6. The fourth-order valence-electron chi connectivity index (χ4n) is 15.9. The van der Waals surface area contributed by atoms with Gasteiger partial charge in [-0.15, -0.1) is 0 Å². The number of nitrogens with zero attached hydrogens (tertiary/aromatic N) is 12. The number of benzene rings is 5. The Kier molecular flexibility index (Phi) is 23.1. The number of aryl methyl sites for hydroxylation is 1. The van der Waals surface area contributed by atoms with Crippen molar-refractivity contribution in [2.24, 2.45) is 0 Å². The Morgan fingerprint density at radius 2 is 0.953 bits per heavy atom. The quantitative estimate of drug-likeness (QED) is 0.0559. The van der Waals surface area contributed by atoms with Crippen molar-refractivity contribution in [3.63, 3.8) is 0 Å². The molecule has 3 amide bonds. The van der Waals surface area contributed by atoms with Gasteiger partial charge >= 0.3 is 6.03 Å². The number of hydrogen-bond acceptors (Lipinski definition) is 18. The standard InChI is InChI=1S/C18H25N3O3S.C17H20ClN5O3.C15H21N3O2S.C13H12ClN5.C11H12ClN3O/c1-25(22,23)21-6-2-14(3-7-21)16-10-15(13-4-8-24-9-5-13)11-18-17(16)12-19-20-18;1-26-7-6-23-15(24)17(20-16(23)25)2-4-22(5-3-17)14-9-11(18)8-13-12(14)10-19-21-13;1-3-11-8-13(14-10-16-17-15(14)9-11)12-4-6-18(7-5-12)21(2,19)20;14-9-3-12-10(6-16-18-12)13(4-9)19-2-1-11-8(7-19)5-15-17-11;12-8-5-10-9(7-13-14-10)11(6-8)15-1-3-16-4-2-15/h10-14H,2-9H2,1H3,(H,19,20);8-10H,2-7H2,1H3,(H,19,21)(H,20,25);8-10,12H,3-7H2,1-2H3,(H,16,17);3-6H,1-2,7H2,(H,15,17)(H,16,18);5-7H,1-4H2,(H,13,14). The van der Waals surface area contributed by atoms with Crippen molar-refractivity contribution in [1.82, 2.24) is 80.0 Å². The monoisotopic (exact) mass is 1560 g/mol. The van der Waals surface area contributed by atoms with Gasteiger partial charge in [0.05, 0.1) is 104 Å². The normalized spacial score (nSPS) is 18.6. The van der Waals surface area contributed by atoms with E-state index in [1.54, 1.807) is 21.9 Å². The molecule has 6 aromatic heterocycles. The molecule has 0 aliphatic carbocycles. The summed E-state index contributed by atoms with van der Waals surface area (Å²) in [5.74, 6) is 1.18. The highest BCUT2D eigenvalue weighted by atomic mass is 35.5. The lowest BCUT2D eigenvalue weighted by molar-refractivity contribution is -0.132. The molecule has 0 atom stereocenters. The Hall–Kier alpha value is -8.43. The van der Waals surface area contributed by atoms with Crippen LogP contribution in [-0.2, 0) is 58.4 Å². The molecule has 6 fully saturated rings. The topological polar surface area (TPSA) is 334 Å². The molecule has 0 radical (unpaired) electrons. The summed E-state index contributed by atoms with van der Waals surface area (Å²) in [5.41, 5.74) is 15.2. The van der Waals surface area contributed by atoms with E-state index in [1.165, 1.54) is 61.7 Å². The molecule has 18 rings (SSSR count). The molecule has 7 aliphatic heterocycles. The number of sulfonamides is 2.